The number of hydrogen-bond donors (Lipinski definition) is 1. The molecule has 7 heteroatoms. The van der Waals surface area contributed by atoms with E-state index < -0.39 is 0 Å². The Bertz CT molecular complexity index is 1070. The predicted octanol–water partition coefficient (Wildman–Crippen LogP) is 4.75. The molecule has 0 radical (unpaired) electrons. The molecule has 0 aliphatic carbocycles. The Balaban J connectivity index is 1.15. The summed E-state index contributed by atoms with van der Waals surface area (Å²) in [5, 5.41) is 3.05. The standard InChI is InChI=1S/C27H31FN2O4/c1-18(2)26-25(31)24-22(6-5-7-23(24)34-26)33-17-4-3-14-30-15-12-21(13-16-30)29-27(32)19-8-10-20(28)11-9-19/h5-11,21H,3-4,12-17H2,1-2H3,(H,29,32). The van der Waals surface area contributed by atoms with Gasteiger partial charge in [-0.05, 0) is 88.0 Å². The number of fused-ring (bicyclic) bond motifs is 1. The number of unbranched alkanes of at least 4 members (excludes halogenated alkanes) is 1. The summed E-state index contributed by atoms with van der Waals surface area (Å²) in [7, 11) is 0. The van der Waals surface area contributed by atoms with Gasteiger partial charge < -0.3 is 19.7 Å². The van der Waals surface area contributed by atoms with Crippen molar-refractivity contribution in [3.63, 3.8) is 0 Å². The number of amides is 1. The number of carbonyl (C=O) groups is 2. The molecule has 1 amide bonds. The number of nitrogens with zero attached hydrogens (tertiary/aromatic N) is 1. The summed E-state index contributed by atoms with van der Waals surface area (Å²) in [5.74, 6) is 0.930. The van der Waals surface area contributed by atoms with E-state index in [1.165, 1.54) is 24.3 Å². The van der Waals surface area contributed by atoms with E-state index in [-0.39, 0.29) is 23.5 Å². The molecule has 0 aromatic heterocycles. The highest BCUT2D eigenvalue weighted by atomic mass is 19.1. The van der Waals surface area contributed by atoms with E-state index in [1.54, 1.807) is 6.07 Å². The third kappa shape index (κ3) is 5.65. The van der Waals surface area contributed by atoms with Gasteiger partial charge in [-0.25, -0.2) is 4.39 Å². The van der Waals surface area contributed by atoms with Crippen LogP contribution in [0.1, 0.15) is 60.2 Å². The number of halogens is 1. The topological polar surface area (TPSA) is 67.9 Å². The molecule has 0 atom stereocenters. The van der Waals surface area contributed by atoms with Gasteiger partial charge in [0.15, 0.2) is 5.76 Å². The predicted molar refractivity (Wildman–Crippen MR) is 128 cm³/mol. The van der Waals surface area contributed by atoms with Crippen molar-refractivity contribution in [2.75, 3.05) is 26.2 Å². The van der Waals surface area contributed by atoms with Gasteiger partial charge in [0.1, 0.15) is 22.9 Å². The van der Waals surface area contributed by atoms with Crippen LogP contribution in [0, 0.1) is 5.82 Å². The fourth-order valence-electron chi connectivity index (χ4n) is 4.33. The first-order valence-electron chi connectivity index (χ1n) is 11.9. The van der Waals surface area contributed by atoms with Crippen LogP contribution in [-0.4, -0.2) is 48.9 Å². The summed E-state index contributed by atoms with van der Waals surface area (Å²) in [4.78, 5) is 27.3. The molecule has 0 bridgehead atoms. The highest BCUT2D eigenvalue weighted by molar-refractivity contribution is 6.14. The summed E-state index contributed by atoms with van der Waals surface area (Å²) >= 11 is 0. The number of ether oxygens (including phenoxy) is 2. The maximum Gasteiger partial charge on any atom is 0.251 e. The molecule has 2 aliphatic rings. The van der Waals surface area contributed by atoms with E-state index in [0.717, 1.165) is 50.9 Å². The Morgan fingerprint density at radius 1 is 1.12 bits per heavy atom. The largest absolute Gasteiger partial charge is 0.493 e. The molecule has 1 fully saturated rings. The van der Waals surface area contributed by atoms with Crippen LogP contribution < -0.4 is 14.8 Å². The number of nitrogens with one attached hydrogen (secondary N) is 1. The normalized spacial score (nSPS) is 16.2. The second-order valence-electron chi connectivity index (χ2n) is 9.04. The van der Waals surface area contributed by atoms with Crippen molar-refractivity contribution < 1.29 is 23.5 Å². The number of benzene rings is 2. The molecular formula is C27H31FN2O4. The van der Waals surface area contributed by atoms with E-state index >= 15 is 0 Å². The van der Waals surface area contributed by atoms with Gasteiger partial charge in [0.25, 0.3) is 5.91 Å². The lowest BCUT2D eigenvalue weighted by Gasteiger charge is -2.32. The quantitative estimate of drug-likeness (QED) is 0.449. The van der Waals surface area contributed by atoms with Crippen molar-refractivity contribution in [1.82, 2.24) is 10.2 Å². The first kappa shape index (κ1) is 24.0. The second kappa shape index (κ2) is 10.8. The number of Topliss-reactive ketones (excluding diaryl/α,β-unsaturated/α-hetero) is 1. The van der Waals surface area contributed by atoms with Crippen LogP contribution >= 0.6 is 0 Å². The molecule has 6 nitrogen and oxygen atoms in total. The zero-order chi connectivity index (χ0) is 24.1. The molecule has 0 spiro atoms. The van der Waals surface area contributed by atoms with Gasteiger partial charge in [-0.1, -0.05) is 6.07 Å². The zero-order valence-corrected chi connectivity index (χ0v) is 19.7. The number of ketones is 1. The fourth-order valence-corrected chi connectivity index (χ4v) is 4.33. The van der Waals surface area contributed by atoms with E-state index in [9.17, 15) is 14.0 Å². The van der Waals surface area contributed by atoms with Crippen LogP contribution in [0.25, 0.3) is 0 Å². The van der Waals surface area contributed by atoms with Crippen LogP contribution in [0.3, 0.4) is 0 Å². The Hall–Kier alpha value is -3.19. The molecule has 2 aromatic carbocycles. The third-order valence-corrected chi connectivity index (χ3v) is 6.24. The Kier molecular flexibility index (Phi) is 7.63. The molecule has 2 heterocycles. The molecule has 2 aliphatic heterocycles. The van der Waals surface area contributed by atoms with Crippen LogP contribution in [0.5, 0.6) is 11.5 Å². The smallest absolute Gasteiger partial charge is 0.251 e. The van der Waals surface area contributed by atoms with Crippen LogP contribution in [0.15, 0.2) is 53.8 Å². The van der Waals surface area contributed by atoms with Gasteiger partial charge in [0.2, 0.25) is 5.78 Å². The van der Waals surface area contributed by atoms with Crippen molar-refractivity contribution in [3.05, 3.63) is 70.7 Å². The molecular weight excluding hydrogens is 435 g/mol. The highest BCUT2D eigenvalue weighted by Gasteiger charge is 2.31. The third-order valence-electron chi connectivity index (χ3n) is 6.24. The Morgan fingerprint density at radius 2 is 1.85 bits per heavy atom. The van der Waals surface area contributed by atoms with Crippen LogP contribution in [0.4, 0.5) is 4.39 Å². The molecule has 4 rings (SSSR count). The number of allylic oxidation sites excluding steroid dienone is 2. The fraction of sp³-hybridized carbons (Fsp3) is 0.407. The Morgan fingerprint density at radius 3 is 2.56 bits per heavy atom. The van der Waals surface area contributed by atoms with E-state index in [1.807, 2.05) is 26.0 Å². The van der Waals surface area contributed by atoms with Crippen LogP contribution in [0.2, 0.25) is 0 Å². The first-order valence-corrected chi connectivity index (χ1v) is 11.9. The summed E-state index contributed by atoms with van der Waals surface area (Å²) in [6.45, 7) is 7.10. The highest BCUT2D eigenvalue weighted by Crippen LogP contribution is 2.38. The number of carbonyl (C=O) groups excluding carboxylic acids is 2. The van der Waals surface area contributed by atoms with Gasteiger partial charge in [0, 0.05) is 24.7 Å². The van der Waals surface area contributed by atoms with Crippen molar-refractivity contribution in [3.8, 4) is 11.5 Å². The van der Waals surface area contributed by atoms with E-state index in [2.05, 4.69) is 10.2 Å². The van der Waals surface area contributed by atoms with E-state index in [4.69, 9.17) is 9.47 Å². The van der Waals surface area contributed by atoms with Gasteiger partial charge in [-0.15, -0.1) is 0 Å². The number of piperidine rings is 1. The maximum absolute atomic E-state index is 13.0. The van der Waals surface area contributed by atoms with E-state index in [0.29, 0.717) is 35.0 Å². The lowest BCUT2D eigenvalue weighted by Crippen LogP contribution is -2.44. The minimum atomic E-state index is -0.344. The summed E-state index contributed by atoms with van der Waals surface area (Å²) in [6.07, 6.45) is 3.67. The SMILES string of the molecule is CC(C)=C1Oc2cccc(OCCCCN3CCC(NC(=O)c4ccc(F)cc4)CC3)c2C1=O. The van der Waals surface area contributed by atoms with Gasteiger partial charge in [-0.3, -0.25) is 9.59 Å². The lowest BCUT2D eigenvalue weighted by molar-refractivity contribution is 0.0909. The number of likely N-dealkylation sites (tertiary alicyclic amines) is 1. The lowest BCUT2D eigenvalue weighted by atomic mass is 10.0. The molecule has 0 saturated carbocycles. The maximum atomic E-state index is 13.0. The molecule has 0 unspecified atom stereocenters. The average Bonchev–Trinajstić information content (AvgIpc) is 3.18. The van der Waals surface area contributed by atoms with Crippen molar-refractivity contribution >= 4 is 11.7 Å². The first-order chi connectivity index (χ1) is 16.4. The number of hydrogen-bond acceptors (Lipinski definition) is 5. The summed E-state index contributed by atoms with van der Waals surface area (Å²) in [6, 6.07) is 11.2. The minimum absolute atomic E-state index is 0.111. The number of rotatable bonds is 8. The van der Waals surface area contributed by atoms with Crippen molar-refractivity contribution in [1.29, 1.82) is 0 Å². The monoisotopic (exact) mass is 466 g/mol. The van der Waals surface area contributed by atoms with Gasteiger partial charge >= 0.3 is 0 Å². The van der Waals surface area contributed by atoms with Crippen LogP contribution in [-0.2, 0) is 0 Å². The summed E-state index contributed by atoms with van der Waals surface area (Å²) < 4.78 is 24.7. The summed E-state index contributed by atoms with van der Waals surface area (Å²) in [5.41, 5.74) is 1.85. The molecule has 34 heavy (non-hydrogen) atoms. The molecule has 180 valence electrons. The zero-order valence-electron chi connectivity index (χ0n) is 19.7. The molecule has 2 aromatic rings. The molecule has 1 N–H and O–H groups in total. The van der Waals surface area contributed by atoms with Gasteiger partial charge in [0.05, 0.1) is 6.61 Å². The van der Waals surface area contributed by atoms with Crippen molar-refractivity contribution in [2.24, 2.45) is 0 Å². The average molecular weight is 467 g/mol. The van der Waals surface area contributed by atoms with Gasteiger partial charge in [-0.2, -0.15) is 0 Å². The second-order valence-corrected chi connectivity index (χ2v) is 9.04. The van der Waals surface area contributed by atoms with Crippen molar-refractivity contribution in [2.45, 2.75) is 45.6 Å². The molecule has 1 saturated heterocycles. The Labute approximate surface area is 199 Å². The minimum Gasteiger partial charge on any atom is -0.493 e.